The summed E-state index contributed by atoms with van der Waals surface area (Å²) in [6, 6.07) is 6.69. The predicted molar refractivity (Wildman–Crippen MR) is 107 cm³/mol. The Balaban J connectivity index is 1.52. The van der Waals surface area contributed by atoms with Crippen LogP contribution in [-0.4, -0.2) is 44.2 Å². The molecule has 2 aromatic heterocycles. The zero-order valence-electron chi connectivity index (χ0n) is 16.4. The highest BCUT2D eigenvalue weighted by atomic mass is 19.1. The molecule has 8 nitrogen and oxygen atoms in total. The van der Waals surface area contributed by atoms with Crippen molar-refractivity contribution in [2.45, 2.75) is 13.3 Å². The van der Waals surface area contributed by atoms with Gasteiger partial charge in [-0.15, -0.1) is 5.10 Å². The number of nitrogens with zero attached hydrogens (tertiary/aromatic N) is 6. The third-order valence-corrected chi connectivity index (χ3v) is 4.94. The maximum Gasteiger partial charge on any atom is 0.266 e. The van der Waals surface area contributed by atoms with Crippen LogP contribution in [-0.2, 0) is 7.05 Å². The van der Waals surface area contributed by atoms with Gasteiger partial charge in [-0.2, -0.15) is 4.80 Å². The first-order valence-corrected chi connectivity index (χ1v) is 9.31. The Morgan fingerprint density at radius 3 is 2.57 bits per heavy atom. The number of amides is 1. The molecule has 1 N–H and O–H groups in total. The number of nitrogens with one attached hydrogen (secondary N) is 1. The van der Waals surface area contributed by atoms with Gasteiger partial charge in [0.1, 0.15) is 17.3 Å². The van der Waals surface area contributed by atoms with Crippen molar-refractivity contribution in [3.63, 3.8) is 0 Å². The molecule has 1 aliphatic heterocycles. The van der Waals surface area contributed by atoms with Crippen LogP contribution in [0.4, 0.5) is 20.4 Å². The molecule has 0 fully saturated rings. The molecule has 0 radical (unpaired) electrons. The molecule has 1 aromatic carbocycles. The van der Waals surface area contributed by atoms with Crippen LogP contribution < -0.4 is 10.2 Å². The SMILES string of the molecule is CC1=C(c2ccc(C(=O)Nc3c(F)cccc3F)cn2)CN(c2nnn(C)n2)CC1. The number of para-hydroxylation sites is 1. The Bertz CT molecular complexity index is 1100. The number of aromatic nitrogens is 5. The number of hydrogen-bond donors (Lipinski definition) is 1. The summed E-state index contributed by atoms with van der Waals surface area (Å²) in [6.45, 7) is 3.38. The molecular weight excluding hydrogens is 392 g/mol. The number of tetrazole rings is 1. The van der Waals surface area contributed by atoms with E-state index in [1.165, 1.54) is 22.6 Å². The highest BCUT2D eigenvalue weighted by Gasteiger charge is 2.22. The Labute approximate surface area is 171 Å². The number of carbonyl (C=O) groups excluding carboxylic acids is 1. The molecule has 154 valence electrons. The third kappa shape index (κ3) is 3.88. The third-order valence-electron chi connectivity index (χ3n) is 4.94. The fourth-order valence-corrected chi connectivity index (χ4v) is 3.24. The zero-order chi connectivity index (χ0) is 21.3. The Kier molecular flexibility index (Phi) is 5.21. The van der Waals surface area contributed by atoms with Gasteiger partial charge in [0.25, 0.3) is 11.9 Å². The minimum atomic E-state index is -0.839. The summed E-state index contributed by atoms with van der Waals surface area (Å²) in [5.74, 6) is -1.77. The summed E-state index contributed by atoms with van der Waals surface area (Å²) < 4.78 is 27.5. The maximum atomic E-state index is 13.8. The number of anilines is 2. The van der Waals surface area contributed by atoms with Crippen LogP contribution in [0.5, 0.6) is 0 Å². The molecule has 0 bridgehead atoms. The first-order valence-electron chi connectivity index (χ1n) is 9.31. The predicted octanol–water partition coefficient (Wildman–Crippen LogP) is 2.82. The highest BCUT2D eigenvalue weighted by molar-refractivity contribution is 6.04. The van der Waals surface area contributed by atoms with Gasteiger partial charge in [0.2, 0.25) is 0 Å². The lowest BCUT2D eigenvalue weighted by molar-refractivity contribution is 0.102. The van der Waals surface area contributed by atoms with Crippen molar-refractivity contribution in [3.05, 3.63) is 65.0 Å². The second-order valence-corrected chi connectivity index (χ2v) is 6.99. The Morgan fingerprint density at radius 1 is 1.17 bits per heavy atom. The zero-order valence-corrected chi connectivity index (χ0v) is 16.4. The molecule has 0 unspecified atom stereocenters. The van der Waals surface area contributed by atoms with Crippen LogP contribution in [0, 0.1) is 11.6 Å². The van der Waals surface area contributed by atoms with Gasteiger partial charge in [0, 0.05) is 19.3 Å². The number of benzene rings is 1. The Hall–Kier alpha value is -3.69. The van der Waals surface area contributed by atoms with E-state index in [1.807, 2.05) is 11.8 Å². The van der Waals surface area contributed by atoms with Crippen LogP contribution in [0.3, 0.4) is 0 Å². The summed E-state index contributed by atoms with van der Waals surface area (Å²) in [5, 5.41) is 14.4. The fourth-order valence-electron chi connectivity index (χ4n) is 3.24. The van der Waals surface area contributed by atoms with Crippen molar-refractivity contribution in [2.24, 2.45) is 7.05 Å². The summed E-state index contributed by atoms with van der Waals surface area (Å²) >= 11 is 0. The lowest BCUT2D eigenvalue weighted by atomic mass is 9.98. The molecular formula is C20H19F2N7O. The summed E-state index contributed by atoms with van der Waals surface area (Å²) in [7, 11) is 1.71. The lowest BCUT2D eigenvalue weighted by Crippen LogP contribution is -2.32. The number of hydrogen-bond acceptors (Lipinski definition) is 6. The van der Waals surface area contributed by atoms with E-state index in [0.29, 0.717) is 12.5 Å². The minimum absolute atomic E-state index is 0.197. The lowest BCUT2D eigenvalue weighted by Gasteiger charge is -2.28. The second kappa shape index (κ2) is 7.97. The molecule has 4 rings (SSSR count). The van der Waals surface area contributed by atoms with E-state index >= 15 is 0 Å². The van der Waals surface area contributed by atoms with Crippen LogP contribution in [0.2, 0.25) is 0 Å². The molecule has 0 saturated heterocycles. The van der Waals surface area contributed by atoms with Gasteiger partial charge in [0.05, 0.1) is 18.3 Å². The molecule has 3 heterocycles. The van der Waals surface area contributed by atoms with Crippen molar-refractivity contribution in [1.82, 2.24) is 25.2 Å². The molecule has 1 aliphatic rings. The van der Waals surface area contributed by atoms with Crippen molar-refractivity contribution < 1.29 is 13.6 Å². The van der Waals surface area contributed by atoms with Gasteiger partial charge in [-0.3, -0.25) is 9.78 Å². The van der Waals surface area contributed by atoms with E-state index < -0.39 is 23.2 Å². The molecule has 0 spiro atoms. The molecule has 30 heavy (non-hydrogen) atoms. The van der Waals surface area contributed by atoms with Crippen molar-refractivity contribution in [3.8, 4) is 0 Å². The molecule has 0 aliphatic carbocycles. The number of rotatable bonds is 4. The van der Waals surface area contributed by atoms with E-state index in [4.69, 9.17) is 0 Å². The Morgan fingerprint density at radius 2 is 1.93 bits per heavy atom. The van der Waals surface area contributed by atoms with E-state index in [0.717, 1.165) is 36.4 Å². The van der Waals surface area contributed by atoms with Crippen LogP contribution in [0.25, 0.3) is 5.57 Å². The second-order valence-electron chi connectivity index (χ2n) is 6.99. The minimum Gasteiger partial charge on any atom is -0.333 e. The quantitative estimate of drug-likeness (QED) is 0.710. The molecule has 0 saturated carbocycles. The van der Waals surface area contributed by atoms with Gasteiger partial charge in [-0.05, 0) is 48.4 Å². The largest absolute Gasteiger partial charge is 0.333 e. The number of carbonyl (C=O) groups is 1. The van der Waals surface area contributed by atoms with Gasteiger partial charge >= 0.3 is 0 Å². The fraction of sp³-hybridized carbons (Fsp3) is 0.250. The van der Waals surface area contributed by atoms with Gasteiger partial charge in [0.15, 0.2) is 0 Å². The number of aryl methyl sites for hydroxylation is 1. The van der Waals surface area contributed by atoms with Crippen LogP contribution in [0.15, 0.2) is 42.1 Å². The normalized spacial score (nSPS) is 14.2. The monoisotopic (exact) mass is 411 g/mol. The van der Waals surface area contributed by atoms with E-state index in [1.54, 1.807) is 19.2 Å². The number of halogens is 2. The average Bonchev–Trinajstić information content (AvgIpc) is 3.17. The van der Waals surface area contributed by atoms with E-state index in [2.05, 4.69) is 25.7 Å². The van der Waals surface area contributed by atoms with Crippen molar-refractivity contribution in [1.29, 1.82) is 0 Å². The standard InChI is InChI=1S/C20H19F2N7O/c1-12-8-9-29(20-25-27-28(2)26-20)11-14(12)17-7-6-13(10-23-17)19(30)24-18-15(21)4-3-5-16(18)22/h3-7,10H,8-9,11H2,1-2H3,(H,24,30). The van der Waals surface area contributed by atoms with Crippen molar-refractivity contribution >= 4 is 23.1 Å². The smallest absolute Gasteiger partial charge is 0.266 e. The summed E-state index contributed by atoms with van der Waals surface area (Å²) in [5.41, 5.74) is 2.64. The van der Waals surface area contributed by atoms with E-state index in [-0.39, 0.29) is 5.56 Å². The molecule has 3 aromatic rings. The maximum absolute atomic E-state index is 13.8. The van der Waals surface area contributed by atoms with E-state index in [9.17, 15) is 13.6 Å². The first-order chi connectivity index (χ1) is 14.4. The molecule has 0 atom stereocenters. The average molecular weight is 411 g/mol. The highest BCUT2D eigenvalue weighted by Crippen LogP contribution is 2.27. The van der Waals surface area contributed by atoms with Gasteiger partial charge in [-0.25, -0.2) is 8.78 Å². The topological polar surface area (TPSA) is 88.8 Å². The van der Waals surface area contributed by atoms with Crippen LogP contribution in [0.1, 0.15) is 29.4 Å². The van der Waals surface area contributed by atoms with Crippen molar-refractivity contribution in [2.75, 3.05) is 23.3 Å². The first kappa shape index (κ1) is 19.6. The molecule has 10 heteroatoms. The summed E-state index contributed by atoms with van der Waals surface area (Å²) in [4.78, 5) is 20.2. The van der Waals surface area contributed by atoms with Gasteiger partial charge < -0.3 is 10.2 Å². The summed E-state index contributed by atoms with van der Waals surface area (Å²) in [6.07, 6.45) is 2.22. The van der Waals surface area contributed by atoms with Gasteiger partial charge in [-0.1, -0.05) is 16.7 Å². The number of pyridine rings is 1. The molecule has 1 amide bonds. The van der Waals surface area contributed by atoms with Crippen LogP contribution >= 0.6 is 0 Å².